The Balaban J connectivity index is 0.00000220. The molecule has 0 aromatic heterocycles. The van der Waals surface area contributed by atoms with Gasteiger partial charge in [-0.05, 0) is 57.1 Å². The summed E-state index contributed by atoms with van der Waals surface area (Å²) < 4.78 is 0. The standard InChI is InChI=1S/C15H21N3O2.ClH/c1-16-10-2-3-14(19)17-12-6-4-11(5-7-12)15(20)18-13-8-9-13;/h4-7,13,16H,2-3,8-10H2,1H3,(H,17,19)(H,18,20);1H. The monoisotopic (exact) mass is 311 g/mol. The summed E-state index contributed by atoms with van der Waals surface area (Å²) in [6.45, 7) is 0.827. The maximum atomic E-state index is 11.8. The van der Waals surface area contributed by atoms with Gasteiger partial charge in [0.05, 0.1) is 0 Å². The van der Waals surface area contributed by atoms with Gasteiger partial charge in [0.1, 0.15) is 0 Å². The molecule has 1 aliphatic carbocycles. The molecule has 0 saturated heterocycles. The molecular weight excluding hydrogens is 290 g/mol. The molecule has 21 heavy (non-hydrogen) atoms. The molecule has 0 heterocycles. The minimum atomic E-state index is -0.0422. The smallest absolute Gasteiger partial charge is 0.251 e. The molecule has 0 radical (unpaired) electrons. The molecule has 0 aliphatic heterocycles. The Bertz CT molecular complexity index is 472. The van der Waals surface area contributed by atoms with Gasteiger partial charge in [0.25, 0.3) is 5.91 Å². The molecule has 2 rings (SSSR count). The molecule has 0 unspecified atom stereocenters. The number of carbonyl (C=O) groups excluding carboxylic acids is 2. The van der Waals surface area contributed by atoms with E-state index in [1.54, 1.807) is 24.3 Å². The van der Waals surface area contributed by atoms with E-state index in [4.69, 9.17) is 0 Å². The van der Waals surface area contributed by atoms with E-state index in [9.17, 15) is 9.59 Å². The Hall–Kier alpha value is -1.59. The van der Waals surface area contributed by atoms with Crippen molar-refractivity contribution in [2.75, 3.05) is 18.9 Å². The van der Waals surface area contributed by atoms with Crippen LogP contribution in [0.25, 0.3) is 0 Å². The number of carbonyl (C=O) groups is 2. The van der Waals surface area contributed by atoms with E-state index in [1.165, 1.54) is 0 Å². The van der Waals surface area contributed by atoms with E-state index >= 15 is 0 Å². The van der Waals surface area contributed by atoms with Gasteiger partial charge in [-0.1, -0.05) is 0 Å². The van der Waals surface area contributed by atoms with Gasteiger partial charge in [-0.3, -0.25) is 9.59 Å². The average Bonchev–Trinajstić information content (AvgIpc) is 3.24. The van der Waals surface area contributed by atoms with Crippen molar-refractivity contribution in [2.24, 2.45) is 0 Å². The first-order chi connectivity index (χ1) is 9.69. The SMILES string of the molecule is CNCCCC(=O)Nc1ccc(C(=O)NC2CC2)cc1.Cl. The first-order valence-corrected chi connectivity index (χ1v) is 7.04. The number of hydrogen-bond donors (Lipinski definition) is 3. The van der Waals surface area contributed by atoms with Gasteiger partial charge in [0, 0.05) is 23.7 Å². The molecule has 1 fully saturated rings. The molecule has 0 atom stereocenters. The molecular formula is C15H22ClN3O2. The minimum Gasteiger partial charge on any atom is -0.349 e. The quantitative estimate of drug-likeness (QED) is 0.674. The van der Waals surface area contributed by atoms with Gasteiger partial charge in [-0.25, -0.2) is 0 Å². The summed E-state index contributed by atoms with van der Waals surface area (Å²) in [5, 5.41) is 8.76. The largest absolute Gasteiger partial charge is 0.349 e. The lowest BCUT2D eigenvalue weighted by Crippen LogP contribution is -2.25. The Morgan fingerprint density at radius 2 is 1.86 bits per heavy atom. The number of rotatable bonds is 7. The fraction of sp³-hybridized carbons (Fsp3) is 0.467. The fourth-order valence-electron chi connectivity index (χ4n) is 1.85. The molecule has 1 aromatic rings. The molecule has 0 bridgehead atoms. The van der Waals surface area contributed by atoms with Gasteiger partial charge in [-0.2, -0.15) is 0 Å². The first-order valence-electron chi connectivity index (χ1n) is 7.04. The molecule has 3 N–H and O–H groups in total. The van der Waals surface area contributed by atoms with Gasteiger partial charge < -0.3 is 16.0 Å². The highest BCUT2D eigenvalue weighted by molar-refractivity contribution is 5.96. The van der Waals surface area contributed by atoms with Crippen LogP contribution in [0.5, 0.6) is 0 Å². The lowest BCUT2D eigenvalue weighted by molar-refractivity contribution is -0.116. The van der Waals surface area contributed by atoms with Crippen LogP contribution in [0.3, 0.4) is 0 Å². The summed E-state index contributed by atoms with van der Waals surface area (Å²) in [6, 6.07) is 7.35. The molecule has 0 spiro atoms. The predicted molar refractivity (Wildman–Crippen MR) is 86.0 cm³/mol. The topological polar surface area (TPSA) is 70.2 Å². The van der Waals surface area contributed by atoms with E-state index in [0.717, 1.165) is 31.5 Å². The van der Waals surface area contributed by atoms with E-state index in [0.29, 0.717) is 18.0 Å². The molecule has 5 nitrogen and oxygen atoms in total. The average molecular weight is 312 g/mol. The van der Waals surface area contributed by atoms with E-state index in [2.05, 4.69) is 16.0 Å². The van der Waals surface area contributed by atoms with Crippen LogP contribution in [-0.2, 0) is 4.79 Å². The highest BCUT2D eigenvalue weighted by atomic mass is 35.5. The maximum Gasteiger partial charge on any atom is 0.251 e. The van der Waals surface area contributed by atoms with Crippen molar-refractivity contribution < 1.29 is 9.59 Å². The number of benzene rings is 1. The summed E-state index contributed by atoms with van der Waals surface area (Å²) in [7, 11) is 1.86. The van der Waals surface area contributed by atoms with Crippen molar-refractivity contribution in [1.82, 2.24) is 10.6 Å². The summed E-state index contributed by atoms with van der Waals surface area (Å²) in [4.78, 5) is 23.4. The van der Waals surface area contributed by atoms with Crippen molar-refractivity contribution >= 4 is 29.9 Å². The lowest BCUT2D eigenvalue weighted by atomic mass is 10.2. The van der Waals surface area contributed by atoms with Crippen molar-refractivity contribution in [3.63, 3.8) is 0 Å². The first kappa shape index (κ1) is 17.5. The highest BCUT2D eigenvalue weighted by Gasteiger charge is 2.23. The number of hydrogen-bond acceptors (Lipinski definition) is 3. The summed E-state index contributed by atoms with van der Waals surface area (Å²) in [5.41, 5.74) is 1.35. The zero-order valence-electron chi connectivity index (χ0n) is 12.1. The van der Waals surface area contributed by atoms with Crippen LogP contribution in [0.4, 0.5) is 5.69 Å². The molecule has 116 valence electrons. The molecule has 6 heteroatoms. The second-order valence-electron chi connectivity index (χ2n) is 5.08. The number of nitrogens with one attached hydrogen (secondary N) is 3. The fourth-order valence-corrected chi connectivity index (χ4v) is 1.85. The van der Waals surface area contributed by atoms with E-state index in [-0.39, 0.29) is 24.2 Å². The zero-order valence-corrected chi connectivity index (χ0v) is 13.0. The van der Waals surface area contributed by atoms with Gasteiger partial charge >= 0.3 is 0 Å². The van der Waals surface area contributed by atoms with Gasteiger partial charge in [0.2, 0.25) is 5.91 Å². The summed E-state index contributed by atoms with van der Waals surface area (Å²) in [6.07, 6.45) is 3.45. The van der Waals surface area contributed by atoms with E-state index in [1.807, 2.05) is 7.05 Å². The van der Waals surface area contributed by atoms with Crippen LogP contribution < -0.4 is 16.0 Å². The predicted octanol–water partition coefficient (Wildman–Crippen LogP) is 1.94. The zero-order chi connectivity index (χ0) is 14.4. The summed E-state index contributed by atoms with van der Waals surface area (Å²) >= 11 is 0. The summed E-state index contributed by atoms with van der Waals surface area (Å²) in [5.74, 6) is -0.0465. The van der Waals surface area contributed by atoms with Crippen LogP contribution in [0.1, 0.15) is 36.0 Å². The Kier molecular flexibility index (Phi) is 7.19. The Labute approximate surface area is 131 Å². The third-order valence-corrected chi connectivity index (χ3v) is 3.17. The molecule has 2 amide bonds. The van der Waals surface area contributed by atoms with E-state index < -0.39 is 0 Å². The molecule has 1 saturated carbocycles. The lowest BCUT2D eigenvalue weighted by Gasteiger charge is -2.07. The number of amides is 2. The van der Waals surface area contributed by atoms with Gasteiger partial charge in [-0.15, -0.1) is 12.4 Å². The maximum absolute atomic E-state index is 11.8. The third-order valence-electron chi connectivity index (χ3n) is 3.17. The Morgan fingerprint density at radius 3 is 2.43 bits per heavy atom. The van der Waals surface area contributed by atoms with Crippen LogP contribution in [0, 0.1) is 0 Å². The van der Waals surface area contributed by atoms with Crippen molar-refractivity contribution in [3.05, 3.63) is 29.8 Å². The number of anilines is 1. The van der Waals surface area contributed by atoms with Crippen molar-refractivity contribution in [3.8, 4) is 0 Å². The molecule has 1 aliphatic rings. The van der Waals surface area contributed by atoms with Crippen LogP contribution in [0.2, 0.25) is 0 Å². The van der Waals surface area contributed by atoms with Crippen LogP contribution in [0.15, 0.2) is 24.3 Å². The van der Waals surface area contributed by atoms with Crippen molar-refractivity contribution in [1.29, 1.82) is 0 Å². The van der Waals surface area contributed by atoms with Crippen LogP contribution >= 0.6 is 12.4 Å². The van der Waals surface area contributed by atoms with Gasteiger partial charge in [0.15, 0.2) is 0 Å². The molecule has 1 aromatic carbocycles. The Morgan fingerprint density at radius 1 is 1.19 bits per heavy atom. The normalized spacial score (nSPS) is 13.2. The van der Waals surface area contributed by atoms with Crippen molar-refractivity contribution in [2.45, 2.75) is 31.7 Å². The second-order valence-corrected chi connectivity index (χ2v) is 5.08. The number of halogens is 1. The minimum absolute atomic E-state index is 0. The third kappa shape index (κ3) is 6.14. The van der Waals surface area contributed by atoms with Crippen LogP contribution in [-0.4, -0.2) is 31.4 Å². The highest BCUT2D eigenvalue weighted by Crippen LogP contribution is 2.19. The second kappa shape index (κ2) is 8.64.